The lowest BCUT2D eigenvalue weighted by Gasteiger charge is -2.13. The average molecular weight is 335 g/mol. The minimum atomic E-state index is -0.200. The molecule has 126 valence electrons. The summed E-state index contributed by atoms with van der Waals surface area (Å²) in [6, 6.07) is 8.74. The summed E-state index contributed by atoms with van der Waals surface area (Å²) in [5.41, 5.74) is 2.16. The van der Waals surface area contributed by atoms with Crippen LogP contribution in [0, 0.1) is 0 Å². The first kappa shape index (κ1) is 15.4. The average Bonchev–Trinajstić information content (AvgIpc) is 3.39. The van der Waals surface area contributed by atoms with Gasteiger partial charge in [-0.2, -0.15) is 4.98 Å². The molecule has 25 heavy (non-hydrogen) atoms. The summed E-state index contributed by atoms with van der Waals surface area (Å²) >= 11 is 0. The van der Waals surface area contributed by atoms with E-state index in [0.717, 1.165) is 24.1 Å². The lowest BCUT2D eigenvalue weighted by molar-refractivity contribution is 0.0939. The van der Waals surface area contributed by atoms with E-state index < -0.39 is 0 Å². The van der Waals surface area contributed by atoms with Crippen LogP contribution in [0.25, 0.3) is 11.4 Å². The zero-order valence-electron chi connectivity index (χ0n) is 13.7. The van der Waals surface area contributed by atoms with Gasteiger partial charge in [-0.05, 0) is 38.0 Å². The van der Waals surface area contributed by atoms with Gasteiger partial charge in [-0.25, -0.2) is 9.97 Å². The van der Waals surface area contributed by atoms with E-state index in [1.807, 2.05) is 19.1 Å². The molecule has 0 radical (unpaired) electrons. The number of benzene rings is 1. The molecule has 7 nitrogen and oxygen atoms in total. The first-order chi connectivity index (χ1) is 12.2. The van der Waals surface area contributed by atoms with Crippen LogP contribution in [0.4, 0.5) is 0 Å². The van der Waals surface area contributed by atoms with E-state index in [0.29, 0.717) is 23.2 Å². The predicted octanol–water partition coefficient (Wildman–Crippen LogP) is 2.90. The Bertz CT molecular complexity index is 872. The second-order valence-corrected chi connectivity index (χ2v) is 6.14. The molecule has 7 heteroatoms. The normalized spacial score (nSPS) is 14.9. The molecule has 1 aliphatic rings. The first-order valence-corrected chi connectivity index (χ1v) is 8.21. The standard InChI is InChI=1S/C18H17N5O2/c1-11(15-8-9-19-10-20-15)21-17(24)13-4-2-12(3-5-13)16-22-18(25-23-16)14-6-7-14/h2-5,8-11,14H,6-7H2,1H3,(H,21,24)/t11-/m0/s1. The highest BCUT2D eigenvalue weighted by molar-refractivity contribution is 5.94. The van der Waals surface area contributed by atoms with E-state index in [-0.39, 0.29) is 11.9 Å². The Labute approximate surface area is 144 Å². The van der Waals surface area contributed by atoms with Crippen LogP contribution in [0.15, 0.2) is 47.4 Å². The SMILES string of the molecule is C[C@H](NC(=O)c1ccc(-c2noc(C3CC3)n2)cc1)c1ccncn1. The lowest BCUT2D eigenvalue weighted by Crippen LogP contribution is -2.27. The summed E-state index contributed by atoms with van der Waals surface area (Å²) in [6.07, 6.45) is 5.35. The number of carbonyl (C=O) groups is 1. The van der Waals surface area contributed by atoms with Crippen molar-refractivity contribution >= 4 is 5.91 Å². The number of nitrogens with one attached hydrogen (secondary N) is 1. The molecule has 2 heterocycles. The van der Waals surface area contributed by atoms with Crippen molar-refractivity contribution in [2.24, 2.45) is 0 Å². The molecule has 0 unspecified atom stereocenters. The second kappa shape index (κ2) is 6.43. The van der Waals surface area contributed by atoms with Crippen molar-refractivity contribution in [2.75, 3.05) is 0 Å². The van der Waals surface area contributed by atoms with Gasteiger partial charge in [0.1, 0.15) is 6.33 Å². The summed E-state index contributed by atoms with van der Waals surface area (Å²) in [6.45, 7) is 1.88. The fourth-order valence-corrected chi connectivity index (χ4v) is 2.53. The van der Waals surface area contributed by atoms with Gasteiger partial charge in [0.2, 0.25) is 11.7 Å². The molecular formula is C18H17N5O2. The molecule has 0 aliphatic heterocycles. The molecule has 0 saturated heterocycles. The van der Waals surface area contributed by atoms with E-state index in [2.05, 4.69) is 25.4 Å². The van der Waals surface area contributed by atoms with Crippen molar-refractivity contribution in [1.82, 2.24) is 25.4 Å². The Morgan fingerprint density at radius 3 is 2.72 bits per heavy atom. The van der Waals surface area contributed by atoms with Gasteiger partial charge in [0, 0.05) is 23.2 Å². The van der Waals surface area contributed by atoms with Crippen LogP contribution in [0.2, 0.25) is 0 Å². The molecule has 1 aromatic carbocycles. The van der Waals surface area contributed by atoms with Gasteiger partial charge in [0.15, 0.2) is 0 Å². The van der Waals surface area contributed by atoms with Gasteiger partial charge in [0.25, 0.3) is 5.91 Å². The van der Waals surface area contributed by atoms with E-state index in [4.69, 9.17) is 4.52 Å². The lowest BCUT2D eigenvalue weighted by atomic mass is 10.1. The first-order valence-electron chi connectivity index (χ1n) is 8.21. The fraction of sp³-hybridized carbons (Fsp3) is 0.278. The number of aromatic nitrogens is 4. The Morgan fingerprint density at radius 1 is 1.24 bits per heavy atom. The second-order valence-electron chi connectivity index (χ2n) is 6.14. The van der Waals surface area contributed by atoms with Gasteiger partial charge in [-0.1, -0.05) is 17.3 Å². The fourth-order valence-electron chi connectivity index (χ4n) is 2.53. The van der Waals surface area contributed by atoms with Crippen LogP contribution < -0.4 is 5.32 Å². The maximum absolute atomic E-state index is 12.4. The zero-order chi connectivity index (χ0) is 17.2. The van der Waals surface area contributed by atoms with Crippen molar-refractivity contribution in [3.8, 4) is 11.4 Å². The number of amides is 1. The minimum absolute atomic E-state index is 0.163. The number of hydrogen-bond acceptors (Lipinski definition) is 6. The number of nitrogens with zero attached hydrogens (tertiary/aromatic N) is 4. The smallest absolute Gasteiger partial charge is 0.251 e. The monoisotopic (exact) mass is 335 g/mol. The van der Waals surface area contributed by atoms with Gasteiger partial charge >= 0.3 is 0 Å². The zero-order valence-corrected chi connectivity index (χ0v) is 13.7. The van der Waals surface area contributed by atoms with Crippen molar-refractivity contribution in [3.05, 3.63) is 60.0 Å². The molecule has 1 saturated carbocycles. The number of carbonyl (C=O) groups excluding carboxylic acids is 1. The maximum Gasteiger partial charge on any atom is 0.251 e. The molecule has 1 atom stereocenters. The maximum atomic E-state index is 12.4. The van der Waals surface area contributed by atoms with Crippen molar-refractivity contribution < 1.29 is 9.32 Å². The molecule has 1 fully saturated rings. The summed E-state index contributed by atoms with van der Waals surface area (Å²) in [4.78, 5) is 24.8. The Balaban J connectivity index is 1.44. The van der Waals surface area contributed by atoms with Gasteiger partial charge in [0.05, 0.1) is 11.7 Å². The molecule has 0 bridgehead atoms. The van der Waals surface area contributed by atoms with Crippen LogP contribution in [0.5, 0.6) is 0 Å². The van der Waals surface area contributed by atoms with E-state index in [1.54, 1.807) is 24.4 Å². The van der Waals surface area contributed by atoms with Crippen LogP contribution in [-0.4, -0.2) is 26.0 Å². The van der Waals surface area contributed by atoms with Crippen molar-refractivity contribution in [2.45, 2.75) is 31.7 Å². The van der Waals surface area contributed by atoms with Crippen molar-refractivity contribution in [3.63, 3.8) is 0 Å². The summed E-state index contributed by atoms with van der Waals surface area (Å²) in [5, 5.41) is 6.93. The van der Waals surface area contributed by atoms with Crippen LogP contribution in [-0.2, 0) is 0 Å². The van der Waals surface area contributed by atoms with Gasteiger partial charge in [-0.15, -0.1) is 0 Å². The highest BCUT2D eigenvalue weighted by Crippen LogP contribution is 2.39. The van der Waals surface area contributed by atoms with Gasteiger partial charge in [-0.3, -0.25) is 4.79 Å². The molecule has 1 N–H and O–H groups in total. The third-order valence-corrected chi connectivity index (χ3v) is 4.17. The Kier molecular flexibility index (Phi) is 3.97. The molecule has 0 spiro atoms. The third-order valence-electron chi connectivity index (χ3n) is 4.17. The van der Waals surface area contributed by atoms with Crippen LogP contribution >= 0.6 is 0 Å². The molecule has 1 amide bonds. The summed E-state index contributed by atoms with van der Waals surface area (Å²) < 4.78 is 5.27. The van der Waals surface area contributed by atoms with Crippen LogP contribution in [0.1, 0.15) is 53.7 Å². The number of rotatable bonds is 5. The quantitative estimate of drug-likeness (QED) is 0.770. The highest BCUT2D eigenvalue weighted by Gasteiger charge is 2.29. The highest BCUT2D eigenvalue weighted by atomic mass is 16.5. The molecule has 2 aromatic heterocycles. The van der Waals surface area contributed by atoms with Crippen molar-refractivity contribution in [1.29, 1.82) is 0 Å². The van der Waals surface area contributed by atoms with E-state index in [9.17, 15) is 4.79 Å². The van der Waals surface area contributed by atoms with E-state index in [1.165, 1.54) is 6.33 Å². The topological polar surface area (TPSA) is 93.8 Å². The largest absolute Gasteiger partial charge is 0.344 e. The Hall–Kier alpha value is -3.09. The third kappa shape index (κ3) is 3.40. The van der Waals surface area contributed by atoms with Crippen LogP contribution in [0.3, 0.4) is 0 Å². The summed E-state index contributed by atoms with van der Waals surface area (Å²) in [7, 11) is 0. The molecule has 3 aromatic rings. The minimum Gasteiger partial charge on any atom is -0.344 e. The predicted molar refractivity (Wildman–Crippen MR) is 89.6 cm³/mol. The molecule has 4 rings (SSSR count). The van der Waals surface area contributed by atoms with Gasteiger partial charge < -0.3 is 9.84 Å². The summed E-state index contributed by atoms with van der Waals surface area (Å²) in [5.74, 6) is 1.53. The number of hydrogen-bond donors (Lipinski definition) is 1. The molecular weight excluding hydrogens is 318 g/mol. The molecule has 1 aliphatic carbocycles. The van der Waals surface area contributed by atoms with E-state index >= 15 is 0 Å². The Morgan fingerprint density at radius 2 is 2.04 bits per heavy atom.